The van der Waals surface area contributed by atoms with E-state index in [2.05, 4.69) is 11.9 Å². The van der Waals surface area contributed by atoms with Crippen LogP contribution in [0.25, 0.3) is 23.1 Å². The molecule has 0 aliphatic heterocycles. The Morgan fingerprint density at radius 1 is 1.15 bits per heavy atom. The van der Waals surface area contributed by atoms with E-state index in [9.17, 15) is 8.42 Å². The van der Waals surface area contributed by atoms with Crippen LogP contribution in [-0.2, 0) is 14.3 Å². The third kappa shape index (κ3) is 5.39. The number of rotatable bonds is 6. The van der Waals surface area contributed by atoms with Crippen LogP contribution < -0.4 is 0 Å². The van der Waals surface area contributed by atoms with Crippen LogP contribution in [0, 0.1) is 6.92 Å². The van der Waals surface area contributed by atoms with E-state index in [4.69, 9.17) is 15.8 Å². The van der Waals surface area contributed by atoms with Crippen molar-refractivity contribution < 1.29 is 12.6 Å². The monoisotopic (exact) mass is 400 g/mol. The molecule has 0 saturated heterocycles. The molecule has 0 spiro atoms. The van der Waals surface area contributed by atoms with Gasteiger partial charge < -0.3 is 0 Å². The van der Waals surface area contributed by atoms with Crippen LogP contribution in [0.4, 0.5) is 0 Å². The van der Waals surface area contributed by atoms with Crippen LogP contribution in [0.1, 0.15) is 29.3 Å². The zero-order chi connectivity index (χ0) is 19.4. The molecule has 139 valence electrons. The molecule has 3 aromatic rings. The predicted octanol–water partition coefficient (Wildman–Crippen LogP) is 5.30. The second-order valence-corrected chi connectivity index (χ2v) is 8.19. The Balaban J connectivity index is 1.85. The van der Waals surface area contributed by atoms with Gasteiger partial charge in [-0.15, -0.1) is 0 Å². The van der Waals surface area contributed by atoms with Gasteiger partial charge in [0.1, 0.15) is 6.10 Å². The summed E-state index contributed by atoms with van der Waals surface area (Å²) in [6.07, 6.45) is 4.57. The van der Waals surface area contributed by atoms with Gasteiger partial charge in [0, 0.05) is 10.4 Å². The number of halogens is 1. The van der Waals surface area contributed by atoms with Gasteiger partial charge in [-0.25, -0.2) is 4.98 Å². The van der Waals surface area contributed by atoms with Crippen LogP contribution in [0.15, 0.2) is 54.6 Å². The van der Waals surface area contributed by atoms with Crippen molar-refractivity contribution in [1.82, 2.24) is 4.98 Å². The SMILES string of the molecule is [CH2]C[C@H](OS(C)(=O)=O)c1cccc(C=Cc2ccc3ccc(Cl)cc3n2)c1. The smallest absolute Gasteiger partial charge is 0.262 e. The highest BCUT2D eigenvalue weighted by Crippen LogP contribution is 2.24. The van der Waals surface area contributed by atoms with Gasteiger partial charge in [-0.05, 0) is 47.9 Å². The number of nitrogens with zero attached hydrogens (tertiary/aromatic N) is 1. The number of pyridine rings is 1. The van der Waals surface area contributed by atoms with Crippen molar-refractivity contribution in [1.29, 1.82) is 0 Å². The van der Waals surface area contributed by atoms with Gasteiger partial charge in [-0.1, -0.05) is 54.9 Å². The average Bonchev–Trinajstić information content (AvgIpc) is 2.63. The van der Waals surface area contributed by atoms with Gasteiger partial charge in [0.15, 0.2) is 0 Å². The molecule has 1 aromatic heterocycles. The summed E-state index contributed by atoms with van der Waals surface area (Å²) in [4.78, 5) is 4.59. The van der Waals surface area contributed by atoms with Crippen LogP contribution in [0.5, 0.6) is 0 Å². The van der Waals surface area contributed by atoms with Crippen molar-refractivity contribution in [2.75, 3.05) is 6.26 Å². The molecule has 0 aliphatic rings. The summed E-state index contributed by atoms with van der Waals surface area (Å²) in [6, 6.07) is 17.0. The number of hydrogen-bond acceptors (Lipinski definition) is 4. The van der Waals surface area contributed by atoms with E-state index < -0.39 is 16.2 Å². The minimum atomic E-state index is -3.55. The first-order chi connectivity index (χ1) is 12.8. The Morgan fingerprint density at radius 2 is 1.93 bits per heavy atom. The van der Waals surface area contributed by atoms with E-state index in [0.29, 0.717) is 11.4 Å². The fourth-order valence-electron chi connectivity index (χ4n) is 2.72. The molecular weight excluding hydrogens is 382 g/mol. The quantitative estimate of drug-likeness (QED) is 0.527. The van der Waals surface area contributed by atoms with E-state index in [1.165, 1.54) is 0 Å². The number of benzene rings is 2. The molecule has 0 saturated carbocycles. The average molecular weight is 401 g/mol. The zero-order valence-corrected chi connectivity index (χ0v) is 16.4. The van der Waals surface area contributed by atoms with Crippen molar-refractivity contribution in [2.45, 2.75) is 12.5 Å². The molecule has 1 heterocycles. The second kappa shape index (κ2) is 8.21. The summed E-state index contributed by atoms with van der Waals surface area (Å²) in [6.45, 7) is 3.78. The summed E-state index contributed by atoms with van der Waals surface area (Å²) < 4.78 is 27.9. The lowest BCUT2D eigenvalue weighted by atomic mass is 10.0. The van der Waals surface area contributed by atoms with E-state index in [-0.39, 0.29) is 0 Å². The molecule has 0 amide bonds. The third-order valence-electron chi connectivity index (χ3n) is 3.96. The van der Waals surface area contributed by atoms with Gasteiger partial charge in [-0.2, -0.15) is 8.42 Å². The molecule has 0 aliphatic carbocycles. The summed E-state index contributed by atoms with van der Waals surface area (Å²) in [5.74, 6) is 0. The minimum absolute atomic E-state index is 0.313. The Morgan fingerprint density at radius 3 is 2.67 bits per heavy atom. The first-order valence-electron chi connectivity index (χ1n) is 8.36. The summed E-state index contributed by atoms with van der Waals surface area (Å²) in [7, 11) is -3.55. The molecule has 0 bridgehead atoms. The van der Waals surface area contributed by atoms with Gasteiger partial charge in [0.2, 0.25) is 0 Å². The highest BCUT2D eigenvalue weighted by atomic mass is 35.5. The standard InChI is InChI=1S/C21H19ClNO3S/c1-3-21(26-27(2,24)25)17-6-4-5-15(13-17)7-11-19-12-9-16-8-10-18(22)14-20(16)23-19/h4-14,21H,1,3H2,2H3/t21-/m0/s1. The van der Waals surface area contributed by atoms with Gasteiger partial charge in [-0.3, -0.25) is 4.18 Å². The minimum Gasteiger partial charge on any atom is -0.262 e. The second-order valence-electron chi connectivity index (χ2n) is 6.15. The van der Waals surface area contributed by atoms with Crippen LogP contribution in [-0.4, -0.2) is 19.7 Å². The van der Waals surface area contributed by atoms with Crippen molar-refractivity contribution in [3.8, 4) is 0 Å². The highest BCUT2D eigenvalue weighted by Gasteiger charge is 2.15. The fraction of sp³-hybridized carbons (Fsp3) is 0.143. The van der Waals surface area contributed by atoms with Crippen LogP contribution >= 0.6 is 11.6 Å². The van der Waals surface area contributed by atoms with Crippen molar-refractivity contribution in [3.05, 3.63) is 83.4 Å². The molecule has 4 nitrogen and oxygen atoms in total. The van der Waals surface area contributed by atoms with E-state index in [1.807, 2.05) is 66.7 Å². The maximum absolute atomic E-state index is 11.4. The lowest BCUT2D eigenvalue weighted by Crippen LogP contribution is -2.09. The normalized spacial score (nSPS) is 13.3. The lowest BCUT2D eigenvalue weighted by Gasteiger charge is -2.15. The highest BCUT2D eigenvalue weighted by molar-refractivity contribution is 7.86. The maximum atomic E-state index is 11.4. The zero-order valence-electron chi connectivity index (χ0n) is 14.8. The van der Waals surface area contributed by atoms with Crippen molar-refractivity contribution in [2.24, 2.45) is 0 Å². The molecule has 0 fully saturated rings. The molecule has 0 N–H and O–H groups in total. The summed E-state index contributed by atoms with van der Waals surface area (Å²) in [5, 5.41) is 1.67. The Kier molecular flexibility index (Phi) is 5.95. The number of fused-ring (bicyclic) bond motifs is 1. The molecule has 0 unspecified atom stereocenters. The van der Waals surface area contributed by atoms with Crippen LogP contribution in [0.2, 0.25) is 5.02 Å². The molecule has 1 radical (unpaired) electrons. The third-order valence-corrected chi connectivity index (χ3v) is 4.77. The Hall–Kier alpha value is -2.21. The number of aromatic nitrogens is 1. The molecule has 3 rings (SSSR count). The summed E-state index contributed by atoms with van der Waals surface area (Å²) in [5.41, 5.74) is 3.31. The topological polar surface area (TPSA) is 56.3 Å². The Labute approximate surface area is 164 Å². The molecule has 1 atom stereocenters. The molecule has 6 heteroatoms. The molecule has 27 heavy (non-hydrogen) atoms. The predicted molar refractivity (Wildman–Crippen MR) is 111 cm³/mol. The van der Waals surface area contributed by atoms with E-state index >= 15 is 0 Å². The first kappa shape index (κ1) is 19.5. The molecular formula is C21H19ClNO3S. The van der Waals surface area contributed by atoms with E-state index in [1.54, 1.807) is 0 Å². The largest absolute Gasteiger partial charge is 0.264 e. The fourth-order valence-corrected chi connectivity index (χ4v) is 3.52. The van der Waals surface area contributed by atoms with Crippen LogP contribution in [0.3, 0.4) is 0 Å². The van der Waals surface area contributed by atoms with Gasteiger partial charge in [0.25, 0.3) is 10.1 Å². The summed E-state index contributed by atoms with van der Waals surface area (Å²) >= 11 is 6.03. The van der Waals surface area contributed by atoms with Gasteiger partial charge in [0.05, 0.1) is 17.5 Å². The Bertz CT molecular complexity index is 1090. The number of hydrogen-bond donors (Lipinski definition) is 0. The van der Waals surface area contributed by atoms with Gasteiger partial charge >= 0.3 is 0 Å². The lowest BCUT2D eigenvalue weighted by molar-refractivity contribution is 0.218. The molecule has 2 aromatic carbocycles. The van der Waals surface area contributed by atoms with Crippen molar-refractivity contribution >= 4 is 44.8 Å². The van der Waals surface area contributed by atoms with E-state index in [0.717, 1.165) is 34.0 Å². The maximum Gasteiger partial charge on any atom is 0.264 e. The van der Waals surface area contributed by atoms with Crippen molar-refractivity contribution in [3.63, 3.8) is 0 Å². The first-order valence-corrected chi connectivity index (χ1v) is 10.6.